The van der Waals surface area contributed by atoms with Gasteiger partial charge in [0.1, 0.15) is 0 Å². The molecule has 4 heteroatoms. The summed E-state index contributed by atoms with van der Waals surface area (Å²) in [6, 6.07) is 0. The van der Waals surface area contributed by atoms with Crippen LogP contribution in [0.3, 0.4) is 0 Å². The van der Waals surface area contributed by atoms with Crippen LogP contribution in [0, 0.1) is 0 Å². The Morgan fingerprint density at radius 1 is 1.42 bits per heavy atom. The minimum Gasteiger partial charge on any atom is -0.465 e. The van der Waals surface area contributed by atoms with Gasteiger partial charge in [-0.2, -0.15) is 0 Å². The lowest BCUT2D eigenvalue weighted by Crippen LogP contribution is -2.55. The van der Waals surface area contributed by atoms with E-state index < -0.39 is 6.09 Å². The predicted octanol–water partition coefficient (Wildman–Crippen LogP) is 0.444. The fraction of sp³-hybridized carbons (Fsp3) is 0.875. The van der Waals surface area contributed by atoms with E-state index >= 15 is 0 Å². The number of carboxylic acid groups (broad SMARTS) is 1. The van der Waals surface area contributed by atoms with Gasteiger partial charge in [-0.15, -0.1) is 0 Å². The Morgan fingerprint density at radius 3 is 2.58 bits per heavy atom. The van der Waals surface area contributed by atoms with Gasteiger partial charge in [-0.05, 0) is 19.9 Å². The van der Waals surface area contributed by atoms with Crippen molar-refractivity contribution in [3.8, 4) is 0 Å². The molecule has 1 N–H and O–H groups in total. The van der Waals surface area contributed by atoms with Gasteiger partial charge >= 0.3 is 6.09 Å². The van der Waals surface area contributed by atoms with Crippen molar-refractivity contribution in [1.29, 1.82) is 0 Å². The summed E-state index contributed by atoms with van der Waals surface area (Å²) in [5.41, 5.74) is -0.00116. The lowest BCUT2D eigenvalue weighted by Gasteiger charge is -2.38. The first-order chi connectivity index (χ1) is 5.64. The minimum absolute atomic E-state index is 0.00116. The van der Waals surface area contributed by atoms with E-state index in [1.165, 1.54) is 0 Å². The van der Waals surface area contributed by atoms with E-state index in [9.17, 15) is 4.79 Å². The summed E-state index contributed by atoms with van der Waals surface area (Å²) >= 11 is 0. The molecule has 1 saturated heterocycles. The standard InChI is InChI=1S/C8H14N2O2/c1-9-4-5-10(7(11)12)8(6-9)2-3-8/h2-6H2,1H3,(H,11,12). The quantitative estimate of drug-likeness (QED) is 0.574. The number of hydrogen-bond donors (Lipinski definition) is 1. The van der Waals surface area contributed by atoms with Crippen molar-refractivity contribution in [2.75, 3.05) is 26.7 Å². The SMILES string of the molecule is CN1CCN(C(=O)O)C2(CC2)C1. The highest BCUT2D eigenvalue weighted by molar-refractivity contribution is 5.67. The molecule has 0 bridgehead atoms. The first-order valence-corrected chi connectivity index (χ1v) is 4.33. The van der Waals surface area contributed by atoms with Crippen LogP contribution in [-0.4, -0.2) is 53.2 Å². The Labute approximate surface area is 71.8 Å². The molecule has 0 unspecified atom stereocenters. The fourth-order valence-corrected chi connectivity index (χ4v) is 2.05. The summed E-state index contributed by atoms with van der Waals surface area (Å²) in [6.07, 6.45) is 1.34. The Morgan fingerprint density at radius 2 is 2.08 bits per heavy atom. The zero-order chi connectivity index (χ0) is 8.77. The van der Waals surface area contributed by atoms with Gasteiger partial charge < -0.3 is 14.9 Å². The van der Waals surface area contributed by atoms with E-state index in [-0.39, 0.29) is 5.54 Å². The Balaban J connectivity index is 2.10. The van der Waals surface area contributed by atoms with Gasteiger partial charge in [-0.25, -0.2) is 4.79 Å². The molecule has 1 amide bonds. The van der Waals surface area contributed by atoms with Crippen LogP contribution in [0.5, 0.6) is 0 Å². The molecule has 1 aliphatic heterocycles. The predicted molar refractivity (Wildman–Crippen MR) is 44.2 cm³/mol. The van der Waals surface area contributed by atoms with E-state index in [2.05, 4.69) is 11.9 Å². The van der Waals surface area contributed by atoms with Gasteiger partial charge in [-0.3, -0.25) is 0 Å². The summed E-state index contributed by atoms with van der Waals surface area (Å²) in [6.45, 7) is 2.46. The largest absolute Gasteiger partial charge is 0.465 e. The molecule has 0 atom stereocenters. The van der Waals surface area contributed by atoms with Crippen LogP contribution in [0.2, 0.25) is 0 Å². The highest BCUT2D eigenvalue weighted by atomic mass is 16.4. The van der Waals surface area contributed by atoms with E-state index in [0.29, 0.717) is 6.54 Å². The van der Waals surface area contributed by atoms with E-state index in [4.69, 9.17) is 5.11 Å². The molecular weight excluding hydrogens is 156 g/mol. The molecule has 1 saturated carbocycles. The van der Waals surface area contributed by atoms with Crippen LogP contribution in [0.25, 0.3) is 0 Å². The lowest BCUT2D eigenvalue weighted by molar-refractivity contribution is 0.0669. The van der Waals surface area contributed by atoms with E-state index in [1.54, 1.807) is 4.90 Å². The molecule has 0 radical (unpaired) electrons. The number of piperazine rings is 1. The highest BCUT2D eigenvalue weighted by Crippen LogP contribution is 2.43. The Hall–Kier alpha value is -0.770. The summed E-state index contributed by atoms with van der Waals surface area (Å²) in [7, 11) is 2.05. The van der Waals surface area contributed by atoms with Gasteiger partial charge in [0, 0.05) is 19.6 Å². The van der Waals surface area contributed by atoms with Crippen LogP contribution in [0.1, 0.15) is 12.8 Å². The maximum Gasteiger partial charge on any atom is 0.407 e. The number of likely N-dealkylation sites (N-methyl/N-ethyl adjacent to an activating group) is 1. The van der Waals surface area contributed by atoms with Gasteiger partial charge in [0.2, 0.25) is 0 Å². The summed E-state index contributed by atoms with van der Waals surface area (Å²) in [5.74, 6) is 0. The van der Waals surface area contributed by atoms with Crippen molar-refractivity contribution in [3.05, 3.63) is 0 Å². The molecule has 12 heavy (non-hydrogen) atoms. The summed E-state index contributed by atoms with van der Waals surface area (Å²) in [5, 5.41) is 8.91. The third kappa shape index (κ3) is 1.06. The van der Waals surface area contributed by atoms with Gasteiger partial charge in [0.05, 0.1) is 5.54 Å². The summed E-state index contributed by atoms with van der Waals surface area (Å²) < 4.78 is 0. The molecule has 0 aromatic heterocycles. The van der Waals surface area contributed by atoms with Gasteiger partial charge in [-0.1, -0.05) is 0 Å². The van der Waals surface area contributed by atoms with Gasteiger partial charge in [0.25, 0.3) is 0 Å². The second-order valence-electron chi connectivity index (χ2n) is 3.90. The molecular formula is C8H14N2O2. The zero-order valence-electron chi connectivity index (χ0n) is 7.29. The Bertz CT molecular complexity index is 213. The normalized spacial score (nSPS) is 27.6. The van der Waals surface area contributed by atoms with Crippen LogP contribution in [0.4, 0.5) is 4.79 Å². The zero-order valence-corrected chi connectivity index (χ0v) is 7.29. The third-order valence-electron chi connectivity index (χ3n) is 2.90. The van der Waals surface area contributed by atoms with Crippen molar-refractivity contribution in [3.63, 3.8) is 0 Å². The molecule has 4 nitrogen and oxygen atoms in total. The lowest BCUT2D eigenvalue weighted by atomic mass is 10.1. The molecule has 0 aromatic rings. The molecule has 2 fully saturated rings. The topological polar surface area (TPSA) is 43.8 Å². The average molecular weight is 170 g/mol. The Kier molecular flexibility index (Phi) is 1.54. The van der Waals surface area contributed by atoms with E-state index in [1.807, 2.05) is 0 Å². The van der Waals surface area contributed by atoms with Gasteiger partial charge in [0.15, 0.2) is 0 Å². The highest BCUT2D eigenvalue weighted by Gasteiger charge is 2.52. The summed E-state index contributed by atoms with van der Waals surface area (Å²) in [4.78, 5) is 14.7. The molecule has 1 spiro atoms. The first kappa shape index (κ1) is 7.86. The number of carbonyl (C=O) groups is 1. The maximum absolute atomic E-state index is 10.8. The number of amides is 1. The van der Waals surface area contributed by atoms with Crippen molar-refractivity contribution in [1.82, 2.24) is 9.80 Å². The van der Waals surface area contributed by atoms with Crippen LogP contribution < -0.4 is 0 Å². The first-order valence-electron chi connectivity index (χ1n) is 4.33. The third-order valence-corrected chi connectivity index (χ3v) is 2.90. The number of hydrogen-bond acceptors (Lipinski definition) is 2. The monoisotopic (exact) mass is 170 g/mol. The molecule has 1 heterocycles. The molecule has 2 rings (SSSR count). The van der Waals surface area contributed by atoms with E-state index in [0.717, 1.165) is 25.9 Å². The molecule has 2 aliphatic rings. The molecule has 1 aliphatic carbocycles. The van der Waals surface area contributed by atoms with Crippen molar-refractivity contribution in [2.24, 2.45) is 0 Å². The maximum atomic E-state index is 10.8. The second kappa shape index (κ2) is 2.36. The van der Waals surface area contributed by atoms with Crippen molar-refractivity contribution in [2.45, 2.75) is 18.4 Å². The van der Waals surface area contributed by atoms with Crippen molar-refractivity contribution < 1.29 is 9.90 Å². The average Bonchev–Trinajstić information content (AvgIpc) is 2.68. The molecule has 0 aromatic carbocycles. The fourth-order valence-electron chi connectivity index (χ4n) is 2.05. The van der Waals surface area contributed by atoms with Crippen LogP contribution in [-0.2, 0) is 0 Å². The van der Waals surface area contributed by atoms with Crippen LogP contribution >= 0.6 is 0 Å². The minimum atomic E-state index is -0.749. The number of rotatable bonds is 0. The van der Waals surface area contributed by atoms with Crippen molar-refractivity contribution >= 4 is 6.09 Å². The smallest absolute Gasteiger partial charge is 0.407 e. The second-order valence-corrected chi connectivity index (χ2v) is 3.90. The molecule has 68 valence electrons. The number of nitrogens with zero attached hydrogens (tertiary/aromatic N) is 2. The van der Waals surface area contributed by atoms with Crippen LogP contribution in [0.15, 0.2) is 0 Å².